The summed E-state index contributed by atoms with van der Waals surface area (Å²) in [5, 5.41) is 12.0. The van der Waals surface area contributed by atoms with E-state index in [-0.39, 0.29) is 11.6 Å². The number of aromatic nitrogens is 1. The van der Waals surface area contributed by atoms with E-state index in [4.69, 9.17) is 12.2 Å². The number of thiocarbonyl (C=S) groups is 1. The van der Waals surface area contributed by atoms with E-state index in [1.807, 2.05) is 48.5 Å². The number of nitrogens with zero attached hydrogens (tertiary/aromatic N) is 3. The number of hydrogen-bond acceptors (Lipinski definition) is 7. The molecule has 9 heteroatoms. The Morgan fingerprint density at radius 1 is 1.13 bits per heavy atom. The van der Waals surface area contributed by atoms with Crippen LogP contribution in [0.15, 0.2) is 87.8 Å². The first kappa shape index (κ1) is 21.2. The summed E-state index contributed by atoms with van der Waals surface area (Å²) in [6.07, 6.45) is 3.35. The second-order valence-electron chi connectivity index (χ2n) is 6.50. The van der Waals surface area contributed by atoms with Crippen molar-refractivity contribution in [2.75, 3.05) is 0 Å². The second kappa shape index (κ2) is 9.42. The number of rotatable bonds is 6. The first-order valence-corrected chi connectivity index (χ1v) is 11.2. The highest BCUT2D eigenvalue weighted by Crippen LogP contribution is 2.37. The molecule has 0 aliphatic carbocycles. The summed E-state index contributed by atoms with van der Waals surface area (Å²) in [5.74, 6) is -0.209. The van der Waals surface area contributed by atoms with Crippen LogP contribution in [-0.2, 0) is 11.3 Å². The summed E-state index contributed by atoms with van der Waals surface area (Å²) >= 11 is 8.00. The van der Waals surface area contributed by atoms with Crippen molar-refractivity contribution in [1.82, 2.24) is 9.88 Å². The lowest BCUT2D eigenvalue weighted by atomic mass is 10.1. The Kier molecular flexibility index (Phi) is 6.45. The van der Waals surface area contributed by atoms with Crippen LogP contribution in [0.25, 0.3) is 6.08 Å². The van der Waals surface area contributed by atoms with Crippen LogP contribution in [0.4, 0.5) is 5.69 Å². The maximum atomic E-state index is 13.0. The Balaban J connectivity index is 1.66. The summed E-state index contributed by atoms with van der Waals surface area (Å²) in [4.78, 5) is 30.9. The fraction of sp³-hybridized carbons (Fsp3) is 0.0455. The smallest absolute Gasteiger partial charge is 0.270 e. The number of pyridine rings is 1. The molecule has 154 valence electrons. The molecule has 4 rings (SSSR count). The van der Waals surface area contributed by atoms with Crippen molar-refractivity contribution in [3.05, 3.63) is 99.1 Å². The van der Waals surface area contributed by atoms with E-state index in [9.17, 15) is 14.9 Å². The van der Waals surface area contributed by atoms with Crippen molar-refractivity contribution < 1.29 is 9.72 Å². The molecule has 0 saturated carbocycles. The topological polar surface area (TPSA) is 76.3 Å². The first-order valence-electron chi connectivity index (χ1n) is 9.18. The molecule has 0 spiro atoms. The Bertz CT molecular complexity index is 1180. The lowest BCUT2D eigenvalue weighted by Gasteiger charge is -2.14. The maximum Gasteiger partial charge on any atom is 0.270 e. The van der Waals surface area contributed by atoms with Gasteiger partial charge in [-0.25, -0.2) is 4.98 Å². The maximum absolute atomic E-state index is 13.0. The molecule has 0 atom stereocenters. The van der Waals surface area contributed by atoms with E-state index in [2.05, 4.69) is 4.98 Å². The van der Waals surface area contributed by atoms with Crippen LogP contribution < -0.4 is 0 Å². The zero-order valence-electron chi connectivity index (χ0n) is 16.0. The molecule has 1 saturated heterocycles. The molecule has 1 aliphatic rings. The van der Waals surface area contributed by atoms with Gasteiger partial charge in [0.2, 0.25) is 0 Å². The van der Waals surface area contributed by atoms with Crippen LogP contribution >= 0.6 is 35.7 Å². The number of carbonyl (C=O) groups is 1. The molecule has 31 heavy (non-hydrogen) atoms. The molecule has 2 aromatic carbocycles. The van der Waals surface area contributed by atoms with Gasteiger partial charge < -0.3 is 0 Å². The zero-order chi connectivity index (χ0) is 21.8. The van der Waals surface area contributed by atoms with Crippen LogP contribution in [0.2, 0.25) is 0 Å². The van der Waals surface area contributed by atoms with Gasteiger partial charge >= 0.3 is 0 Å². The minimum absolute atomic E-state index is 0.0450. The Labute approximate surface area is 192 Å². The minimum Gasteiger partial charge on any atom is -0.288 e. The number of thioether (sulfide) groups is 1. The standard InChI is InChI=1S/C22H15N3O3S3/c26-21-19(31-22(29)24(21)14-15-6-2-1-3-7-15)13-16-12-17(25(27)28)9-10-18(16)30-20-8-4-5-11-23-20/h1-13H,14H2/b19-13+. The van der Waals surface area contributed by atoms with E-state index in [0.29, 0.717) is 21.3 Å². The molecule has 0 N–H and O–H groups in total. The van der Waals surface area contributed by atoms with Gasteiger partial charge in [0.1, 0.15) is 9.35 Å². The number of hydrogen-bond donors (Lipinski definition) is 0. The fourth-order valence-corrected chi connectivity index (χ4v) is 5.02. The number of amides is 1. The van der Waals surface area contributed by atoms with Gasteiger partial charge in [0.15, 0.2) is 0 Å². The predicted octanol–water partition coefficient (Wildman–Crippen LogP) is 5.54. The normalized spacial score (nSPS) is 15.0. The summed E-state index contributed by atoms with van der Waals surface area (Å²) in [5.41, 5.74) is 1.50. The SMILES string of the molecule is O=C1/C(=C\c2cc([N+](=O)[O-])ccc2Sc2ccccn2)SC(=S)N1Cc1ccccc1. The highest BCUT2D eigenvalue weighted by molar-refractivity contribution is 8.26. The monoisotopic (exact) mass is 465 g/mol. The average Bonchev–Trinajstić information content (AvgIpc) is 3.03. The van der Waals surface area contributed by atoms with Crippen molar-refractivity contribution in [2.24, 2.45) is 0 Å². The first-order chi connectivity index (χ1) is 15.0. The van der Waals surface area contributed by atoms with Crippen molar-refractivity contribution in [2.45, 2.75) is 16.5 Å². The van der Waals surface area contributed by atoms with Crippen molar-refractivity contribution in [3.8, 4) is 0 Å². The third kappa shape index (κ3) is 5.01. The molecule has 6 nitrogen and oxygen atoms in total. The Morgan fingerprint density at radius 2 is 1.90 bits per heavy atom. The molecule has 1 aromatic heterocycles. The summed E-state index contributed by atoms with van der Waals surface area (Å²) in [6, 6.07) is 19.7. The summed E-state index contributed by atoms with van der Waals surface area (Å²) < 4.78 is 0.462. The molecule has 0 bridgehead atoms. The highest BCUT2D eigenvalue weighted by atomic mass is 32.2. The molecule has 3 aromatic rings. The largest absolute Gasteiger partial charge is 0.288 e. The Hall–Kier alpha value is -3.01. The quantitative estimate of drug-likeness (QED) is 0.205. The van der Waals surface area contributed by atoms with E-state index in [1.165, 1.54) is 35.7 Å². The van der Waals surface area contributed by atoms with Gasteiger partial charge in [-0.3, -0.25) is 19.8 Å². The molecule has 1 amide bonds. The summed E-state index contributed by atoms with van der Waals surface area (Å²) in [7, 11) is 0. The van der Waals surface area contributed by atoms with Crippen molar-refractivity contribution in [3.63, 3.8) is 0 Å². The molecular formula is C22H15N3O3S3. The number of nitro groups is 1. The highest BCUT2D eigenvalue weighted by Gasteiger charge is 2.32. The lowest BCUT2D eigenvalue weighted by Crippen LogP contribution is -2.27. The Morgan fingerprint density at radius 3 is 2.61 bits per heavy atom. The molecular weight excluding hydrogens is 450 g/mol. The molecule has 2 heterocycles. The second-order valence-corrected chi connectivity index (χ2v) is 9.24. The molecule has 0 unspecified atom stereocenters. The molecule has 1 fully saturated rings. The third-order valence-electron chi connectivity index (χ3n) is 4.40. The van der Waals surface area contributed by atoms with Crippen LogP contribution in [0.1, 0.15) is 11.1 Å². The van der Waals surface area contributed by atoms with E-state index in [1.54, 1.807) is 23.2 Å². The van der Waals surface area contributed by atoms with Gasteiger partial charge in [-0.15, -0.1) is 0 Å². The van der Waals surface area contributed by atoms with Gasteiger partial charge in [0.05, 0.1) is 16.4 Å². The van der Waals surface area contributed by atoms with Crippen molar-refractivity contribution in [1.29, 1.82) is 0 Å². The van der Waals surface area contributed by atoms with E-state index < -0.39 is 4.92 Å². The van der Waals surface area contributed by atoms with Crippen LogP contribution in [0.3, 0.4) is 0 Å². The van der Waals surface area contributed by atoms with Gasteiger partial charge in [0.25, 0.3) is 11.6 Å². The number of benzene rings is 2. The van der Waals surface area contributed by atoms with Gasteiger partial charge in [-0.2, -0.15) is 0 Å². The van der Waals surface area contributed by atoms with Crippen LogP contribution in [-0.4, -0.2) is 25.0 Å². The molecule has 0 radical (unpaired) electrons. The van der Waals surface area contributed by atoms with E-state index >= 15 is 0 Å². The van der Waals surface area contributed by atoms with Crippen molar-refractivity contribution >= 4 is 57.7 Å². The van der Waals surface area contributed by atoms with Crippen LogP contribution in [0.5, 0.6) is 0 Å². The lowest BCUT2D eigenvalue weighted by molar-refractivity contribution is -0.384. The average molecular weight is 466 g/mol. The summed E-state index contributed by atoms with van der Waals surface area (Å²) in [6.45, 7) is 0.382. The van der Waals surface area contributed by atoms with Gasteiger partial charge in [0, 0.05) is 23.2 Å². The van der Waals surface area contributed by atoms with Crippen LogP contribution in [0, 0.1) is 10.1 Å². The zero-order valence-corrected chi connectivity index (χ0v) is 18.5. The number of nitro benzene ring substituents is 1. The number of non-ortho nitro benzene ring substituents is 1. The predicted molar refractivity (Wildman–Crippen MR) is 127 cm³/mol. The van der Waals surface area contributed by atoms with Gasteiger partial charge in [-0.05, 0) is 35.4 Å². The third-order valence-corrected chi connectivity index (χ3v) is 6.82. The van der Waals surface area contributed by atoms with E-state index in [0.717, 1.165) is 15.5 Å². The van der Waals surface area contributed by atoms with Gasteiger partial charge in [-0.1, -0.05) is 72.1 Å². The molecule has 1 aliphatic heterocycles. The fourth-order valence-electron chi connectivity index (χ4n) is 2.92. The minimum atomic E-state index is -0.451. The number of carbonyl (C=O) groups excluding carboxylic acids is 1.